The lowest BCUT2D eigenvalue weighted by atomic mass is 10.0. The van der Waals surface area contributed by atoms with Gasteiger partial charge in [0.15, 0.2) is 0 Å². The first kappa shape index (κ1) is 19.6. The van der Waals surface area contributed by atoms with Gasteiger partial charge in [0.05, 0.1) is 16.8 Å². The van der Waals surface area contributed by atoms with Gasteiger partial charge in [0.25, 0.3) is 15.9 Å². The van der Waals surface area contributed by atoms with Crippen LogP contribution in [-0.2, 0) is 21.2 Å². The third-order valence-electron chi connectivity index (χ3n) is 4.65. The lowest BCUT2D eigenvalue weighted by Gasteiger charge is -2.18. The van der Waals surface area contributed by atoms with Crippen LogP contribution in [0.15, 0.2) is 58.1 Å². The van der Waals surface area contributed by atoms with Crippen molar-refractivity contribution in [1.82, 2.24) is 5.16 Å². The monoisotopic (exact) mass is 426 g/mol. The molecule has 4 rings (SSSR count). The van der Waals surface area contributed by atoms with Gasteiger partial charge in [0.1, 0.15) is 11.3 Å². The summed E-state index contributed by atoms with van der Waals surface area (Å²) < 4.78 is 33.0. The molecule has 3 aromatic rings. The molecule has 1 aliphatic rings. The molecule has 0 aliphatic carbocycles. The van der Waals surface area contributed by atoms with Crippen LogP contribution in [0.2, 0.25) is 0 Å². The first-order valence-electron chi connectivity index (χ1n) is 9.10. The summed E-state index contributed by atoms with van der Waals surface area (Å²) in [5, 5.41) is 8.97. The van der Waals surface area contributed by atoms with Gasteiger partial charge in [-0.25, -0.2) is 8.42 Å². The standard InChI is InChI=1S/C20H18N4O5S/c1-12-17(11-21-29-12)20(26)22-14-3-2-4-15(10-14)24-30(27,28)16-6-7-18-13(9-16)5-8-19(25)23-18/h2-4,6-7,9-11,24H,5,8H2,1H3,(H,22,26)(H,23,25). The number of hydrogen-bond acceptors (Lipinski definition) is 6. The molecular formula is C20H18N4O5S. The van der Waals surface area contributed by atoms with E-state index in [9.17, 15) is 18.0 Å². The van der Waals surface area contributed by atoms with Gasteiger partial charge in [0, 0.05) is 17.8 Å². The number of aromatic nitrogens is 1. The third-order valence-corrected chi connectivity index (χ3v) is 6.03. The quantitative estimate of drug-likeness (QED) is 0.575. The number of fused-ring (bicyclic) bond motifs is 1. The maximum absolute atomic E-state index is 12.8. The number of carbonyl (C=O) groups is 2. The van der Waals surface area contributed by atoms with Crippen molar-refractivity contribution in [2.45, 2.75) is 24.7 Å². The first-order valence-corrected chi connectivity index (χ1v) is 10.6. The van der Waals surface area contributed by atoms with Gasteiger partial charge in [-0.3, -0.25) is 14.3 Å². The van der Waals surface area contributed by atoms with E-state index in [2.05, 4.69) is 20.5 Å². The van der Waals surface area contributed by atoms with E-state index < -0.39 is 15.9 Å². The average Bonchev–Trinajstić information content (AvgIpc) is 3.13. The highest BCUT2D eigenvalue weighted by Gasteiger charge is 2.20. The van der Waals surface area contributed by atoms with E-state index in [0.29, 0.717) is 41.2 Å². The van der Waals surface area contributed by atoms with Crippen LogP contribution in [0.5, 0.6) is 0 Å². The minimum Gasteiger partial charge on any atom is -0.361 e. The number of aryl methyl sites for hydroxylation is 2. The van der Waals surface area contributed by atoms with Crippen LogP contribution in [0.3, 0.4) is 0 Å². The van der Waals surface area contributed by atoms with Crippen molar-refractivity contribution in [3.8, 4) is 0 Å². The predicted molar refractivity (Wildman–Crippen MR) is 110 cm³/mol. The van der Waals surface area contributed by atoms with Gasteiger partial charge in [0.2, 0.25) is 5.91 Å². The minimum atomic E-state index is -3.86. The molecule has 0 saturated carbocycles. The van der Waals surface area contributed by atoms with Crippen molar-refractivity contribution in [3.05, 3.63) is 65.5 Å². The Labute approximate surface area is 172 Å². The number of nitrogens with one attached hydrogen (secondary N) is 3. The van der Waals surface area contributed by atoms with Crippen LogP contribution in [0.1, 0.15) is 28.1 Å². The van der Waals surface area contributed by atoms with E-state index in [1.165, 1.54) is 18.3 Å². The Hall–Kier alpha value is -3.66. The van der Waals surface area contributed by atoms with Crippen LogP contribution >= 0.6 is 0 Å². The molecule has 0 unspecified atom stereocenters. The average molecular weight is 426 g/mol. The van der Waals surface area contributed by atoms with Gasteiger partial charge in [-0.15, -0.1) is 0 Å². The second kappa shape index (κ2) is 7.64. The summed E-state index contributed by atoms with van der Waals surface area (Å²) in [6, 6.07) is 10.9. The highest BCUT2D eigenvalue weighted by atomic mass is 32.2. The maximum atomic E-state index is 12.8. The van der Waals surface area contributed by atoms with Gasteiger partial charge in [-0.1, -0.05) is 11.2 Å². The number of nitrogens with zero attached hydrogens (tertiary/aromatic N) is 1. The van der Waals surface area contributed by atoms with Crippen molar-refractivity contribution < 1.29 is 22.5 Å². The highest BCUT2D eigenvalue weighted by Crippen LogP contribution is 2.27. The Morgan fingerprint density at radius 3 is 2.70 bits per heavy atom. The number of amides is 2. The smallest absolute Gasteiger partial charge is 0.261 e. The minimum absolute atomic E-state index is 0.0866. The van der Waals surface area contributed by atoms with Gasteiger partial charge >= 0.3 is 0 Å². The second-order valence-corrected chi connectivity index (χ2v) is 8.49. The summed E-state index contributed by atoms with van der Waals surface area (Å²) in [6.07, 6.45) is 2.11. The van der Waals surface area contributed by atoms with E-state index in [-0.39, 0.29) is 10.8 Å². The van der Waals surface area contributed by atoms with Crippen LogP contribution in [-0.4, -0.2) is 25.4 Å². The Balaban J connectivity index is 1.53. The number of carbonyl (C=O) groups excluding carboxylic acids is 2. The summed E-state index contributed by atoms with van der Waals surface area (Å²) >= 11 is 0. The fourth-order valence-corrected chi connectivity index (χ4v) is 4.22. The molecule has 154 valence electrons. The number of benzene rings is 2. The molecule has 0 spiro atoms. The molecule has 2 aromatic carbocycles. The Bertz CT molecular complexity index is 1250. The van der Waals surface area contributed by atoms with Crippen molar-refractivity contribution in [2.24, 2.45) is 0 Å². The molecule has 10 heteroatoms. The SMILES string of the molecule is Cc1oncc1C(=O)Nc1cccc(NS(=O)(=O)c2ccc3c(c2)CCC(=O)N3)c1. The molecule has 1 aromatic heterocycles. The molecule has 0 atom stereocenters. The summed E-state index contributed by atoms with van der Waals surface area (Å²) in [5.41, 5.74) is 2.39. The van der Waals surface area contributed by atoms with Crippen LogP contribution < -0.4 is 15.4 Å². The van der Waals surface area contributed by atoms with Gasteiger partial charge < -0.3 is 15.2 Å². The van der Waals surface area contributed by atoms with Gasteiger partial charge in [-0.05, 0) is 55.3 Å². The van der Waals surface area contributed by atoms with E-state index >= 15 is 0 Å². The zero-order valence-corrected chi connectivity index (χ0v) is 16.7. The normalized spacial score (nSPS) is 13.3. The summed E-state index contributed by atoms with van der Waals surface area (Å²) in [5.74, 6) is -0.116. The lowest BCUT2D eigenvalue weighted by molar-refractivity contribution is -0.116. The highest BCUT2D eigenvalue weighted by molar-refractivity contribution is 7.92. The molecule has 0 bridgehead atoms. The summed E-state index contributed by atoms with van der Waals surface area (Å²) in [7, 11) is -3.86. The maximum Gasteiger partial charge on any atom is 0.261 e. The number of rotatable bonds is 5. The second-order valence-electron chi connectivity index (χ2n) is 6.80. The van der Waals surface area contributed by atoms with E-state index in [1.807, 2.05) is 0 Å². The fraction of sp³-hybridized carbons (Fsp3) is 0.150. The molecule has 1 aliphatic heterocycles. The molecule has 3 N–H and O–H groups in total. The molecule has 9 nitrogen and oxygen atoms in total. The van der Waals surface area contributed by atoms with Crippen LogP contribution in [0.25, 0.3) is 0 Å². The van der Waals surface area contributed by atoms with Crippen molar-refractivity contribution in [2.75, 3.05) is 15.4 Å². The first-order chi connectivity index (χ1) is 14.3. The lowest BCUT2D eigenvalue weighted by Crippen LogP contribution is -2.20. The Morgan fingerprint density at radius 1 is 1.13 bits per heavy atom. The Kier molecular flexibility index (Phi) is 5.00. The number of sulfonamides is 1. The van der Waals surface area contributed by atoms with Crippen molar-refractivity contribution in [3.63, 3.8) is 0 Å². The fourth-order valence-electron chi connectivity index (χ4n) is 3.12. The molecule has 30 heavy (non-hydrogen) atoms. The summed E-state index contributed by atoms with van der Waals surface area (Å²) in [6.45, 7) is 1.62. The molecule has 2 amide bonds. The van der Waals surface area contributed by atoms with Crippen LogP contribution in [0.4, 0.5) is 17.1 Å². The third kappa shape index (κ3) is 4.03. The molecule has 0 fully saturated rings. The van der Waals surface area contributed by atoms with E-state index in [0.717, 1.165) is 5.56 Å². The van der Waals surface area contributed by atoms with E-state index in [1.54, 1.807) is 37.3 Å². The topological polar surface area (TPSA) is 130 Å². The Morgan fingerprint density at radius 2 is 1.93 bits per heavy atom. The van der Waals surface area contributed by atoms with Crippen molar-refractivity contribution >= 4 is 38.9 Å². The van der Waals surface area contributed by atoms with E-state index in [4.69, 9.17) is 4.52 Å². The largest absolute Gasteiger partial charge is 0.361 e. The number of hydrogen-bond donors (Lipinski definition) is 3. The summed E-state index contributed by atoms with van der Waals surface area (Å²) in [4.78, 5) is 23.9. The van der Waals surface area contributed by atoms with Gasteiger partial charge in [-0.2, -0.15) is 0 Å². The van der Waals surface area contributed by atoms with Crippen molar-refractivity contribution in [1.29, 1.82) is 0 Å². The molecular weight excluding hydrogens is 408 g/mol. The van der Waals surface area contributed by atoms with Crippen LogP contribution in [0, 0.1) is 6.92 Å². The zero-order valence-electron chi connectivity index (χ0n) is 15.9. The zero-order chi connectivity index (χ0) is 21.3. The molecule has 2 heterocycles. The molecule has 0 radical (unpaired) electrons. The molecule has 0 saturated heterocycles. The predicted octanol–water partition coefficient (Wildman–Crippen LogP) is 2.92. The number of anilines is 3.